The molecular formula is C16H11FN2O4. The van der Waals surface area contributed by atoms with Crippen molar-refractivity contribution in [2.75, 3.05) is 7.05 Å². The van der Waals surface area contributed by atoms with E-state index < -0.39 is 16.6 Å². The highest BCUT2D eigenvalue weighted by Gasteiger charge is 2.25. The molecule has 0 fully saturated rings. The number of amides is 1. The Morgan fingerprint density at radius 1 is 1.17 bits per heavy atom. The monoisotopic (exact) mass is 314 g/mol. The van der Waals surface area contributed by atoms with Crippen molar-refractivity contribution in [3.8, 4) is 22.3 Å². The lowest BCUT2D eigenvalue weighted by Crippen LogP contribution is -2.18. The zero-order valence-corrected chi connectivity index (χ0v) is 12.0. The summed E-state index contributed by atoms with van der Waals surface area (Å²) in [4.78, 5) is 22.4. The lowest BCUT2D eigenvalue weighted by Gasteiger charge is -2.05. The maximum Gasteiger partial charge on any atom is 0.433 e. The van der Waals surface area contributed by atoms with Gasteiger partial charge in [0.25, 0.3) is 5.91 Å². The summed E-state index contributed by atoms with van der Waals surface area (Å²) in [6, 6.07) is 8.56. The number of nitrogens with zero attached hydrogens (tertiary/aromatic N) is 1. The summed E-state index contributed by atoms with van der Waals surface area (Å²) in [5.41, 5.74) is 2.46. The molecule has 0 saturated carbocycles. The van der Waals surface area contributed by atoms with Gasteiger partial charge in [-0.05, 0) is 34.9 Å². The molecule has 2 aliphatic rings. The van der Waals surface area contributed by atoms with Crippen molar-refractivity contribution >= 4 is 11.8 Å². The maximum atomic E-state index is 13.1. The van der Waals surface area contributed by atoms with Gasteiger partial charge in [0.2, 0.25) is 0 Å². The van der Waals surface area contributed by atoms with Crippen LogP contribution in [0.25, 0.3) is 22.3 Å². The molecule has 0 bridgehead atoms. The van der Waals surface area contributed by atoms with Crippen LogP contribution in [0.1, 0.15) is 10.4 Å². The maximum absolute atomic E-state index is 13.1. The molecule has 0 spiro atoms. The number of carbonyl (C=O) groups excluding carboxylic acids is 1. The largest absolute Gasteiger partial charge is 0.433 e. The quantitative estimate of drug-likeness (QED) is 0.592. The van der Waals surface area contributed by atoms with E-state index in [0.717, 1.165) is 0 Å². The van der Waals surface area contributed by atoms with Crippen LogP contribution >= 0.6 is 0 Å². The molecular weight excluding hydrogens is 303 g/mol. The second-order valence-electron chi connectivity index (χ2n) is 4.86. The first-order chi connectivity index (χ1) is 11.0. The molecule has 7 heteroatoms. The minimum atomic E-state index is -0.649. The van der Waals surface area contributed by atoms with Crippen molar-refractivity contribution in [1.82, 2.24) is 5.32 Å². The molecule has 6 nitrogen and oxygen atoms in total. The highest BCUT2D eigenvalue weighted by molar-refractivity contribution is 6.09. The lowest BCUT2D eigenvalue weighted by molar-refractivity contribution is -0.402. The number of nitro groups is 1. The summed E-state index contributed by atoms with van der Waals surface area (Å²) in [5, 5.41) is 13.4. The highest BCUT2D eigenvalue weighted by Crippen LogP contribution is 2.39. The van der Waals surface area contributed by atoms with Crippen LogP contribution in [0, 0.1) is 15.9 Å². The van der Waals surface area contributed by atoms with Crippen molar-refractivity contribution in [3.05, 3.63) is 64.2 Å². The van der Waals surface area contributed by atoms with E-state index in [1.807, 2.05) is 0 Å². The molecule has 0 radical (unpaired) electrons. The van der Waals surface area contributed by atoms with Crippen molar-refractivity contribution in [2.24, 2.45) is 0 Å². The van der Waals surface area contributed by atoms with Crippen molar-refractivity contribution in [1.29, 1.82) is 0 Å². The van der Waals surface area contributed by atoms with E-state index in [0.29, 0.717) is 27.8 Å². The van der Waals surface area contributed by atoms with E-state index in [1.54, 1.807) is 18.2 Å². The molecule has 1 N–H and O–H groups in total. The summed E-state index contributed by atoms with van der Waals surface area (Å²) in [5.74, 6) is -1.17. The first kappa shape index (κ1) is 14.7. The molecule has 0 saturated heterocycles. The molecule has 1 amide bonds. The Labute approximate surface area is 130 Å². The van der Waals surface area contributed by atoms with Crippen molar-refractivity contribution < 1.29 is 18.5 Å². The molecule has 1 aliphatic heterocycles. The number of hydrogen-bond acceptors (Lipinski definition) is 4. The number of hydrogen-bond donors (Lipinski definition) is 1. The predicted molar refractivity (Wildman–Crippen MR) is 80.8 cm³/mol. The highest BCUT2D eigenvalue weighted by atomic mass is 19.1. The Bertz CT molecular complexity index is 870. The minimum Gasteiger partial charge on any atom is -0.409 e. The van der Waals surface area contributed by atoms with Gasteiger partial charge in [-0.15, -0.1) is 0 Å². The van der Waals surface area contributed by atoms with Crippen LogP contribution in [-0.4, -0.2) is 17.9 Å². The topological polar surface area (TPSA) is 85.4 Å². The van der Waals surface area contributed by atoms with Gasteiger partial charge < -0.3 is 9.73 Å². The van der Waals surface area contributed by atoms with Crippen LogP contribution in [0.5, 0.6) is 0 Å². The van der Waals surface area contributed by atoms with Gasteiger partial charge in [-0.1, -0.05) is 12.1 Å². The number of rotatable bonds is 3. The number of carbonyl (C=O) groups is 1. The lowest BCUT2D eigenvalue weighted by atomic mass is 10.0. The Morgan fingerprint density at radius 3 is 2.48 bits per heavy atom. The van der Waals surface area contributed by atoms with Crippen LogP contribution in [-0.2, 0) is 0 Å². The molecule has 3 rings (SSSR count). The Balaban J connectivity index is 2.26. The Kier molecular flexibility index (Phi) is 3.53. The van der Waals surface area contributed by atoms with Crippen LogP contribution in [0.4, 0.5) is 10.3 Å². The van der Waals surface area contributed by atoms with Crippen LogP contribution < -0.4 is 5.32 Å². The normalized spacial score (nSPS) is 10.7. The standard InChI is InChI=1S/C16H11FN2O4/c1-18-16(20)15-12(9-2-4-11(17)5-3-9)6-10-7-14(19(21)22)23-8-13(10)15/h2-8H,1H3,(H,18,20). The molecule has 116 valence electrons. The van der Waals surface area contributed by atoms with Gasteiger partial charge in [-0.2, -0.15) is 0 Å². The fourth-order valence-corrected chi connectivity index (χ4v) is 2.45. The minimum absolute atomic E-state index is 0.327. The van der Waals surface area contributed by atoms with Gasteiger partial charge in [0.15, 0.2) is 0 Å². The molecule has 0 unspecified atom stereocenters. The van der Waals surface area contributed by atoms with Gasteiger partial charge >= 0.3 is 5.88 Å². The predicted octanol–water partition coefficient (Wildman–Crippen LogP) is 3.46. The van der Waals surface area contributed by atoms with E-state index in [9.17, 15) is 19.3 Å². The SMILES string of the molecule is CNC(=O)c1c2coc([N+](=O)[O-])cc-2cc1-c1ccc(F)cc1. The summed E-state index contributed by atoms with van der Waals surface area (Å²) in [7, 11) is 1.48. The van der Waals surface area contributed by atoms with E-state index in [-0.39, 0.29) is 5.91 Å². The van der Waals surface area contributed by atoms with Gasteiger partial charge in [-0.25, -0.2) is 4.39 Å². The smallest absolute Gasteiger partial charge is 0.409 e. The van der Waals surface area contributed by atoms with Gasteiger partial charge in [-0.3, -0.25) is 14.9 Å². The van der Waals surface area contributed by atoms with Crippen molar-refractivity contribution in [3.63, 3.8) is 0 Å². The number of nitrogens with one attached hydrogen (secondary N) is 1. The second kappa shape index (κ2) is 5.53. The Morgan fingerprint density at radius 2 is 1.87 bits per heavy atom. The first-order valence-corrected chi connectivity index (χ1v) is 6.69. The zero-order chi connectivity index (χ0) is 16.6. The molecule has 1 aliphatic carbocycles. The van der Waals surface area contributed by atoms with Crippen molar-refractivity contribution in [2.45, 2.75) is 0 Å². The molecule has 23 heavy (non-hydrogen) atoms. The molecule has 1 heterocycles. The first-order valence-electron chi connectivity index (χ1n) is 6.69. The van der Waals surface area contributed by atoms with Gasteiger partial charge in [0.1, 0.15) is 17.0 Å². The third-order valence-corrected chi connectivity index (χ3v) is 3.52. The Hall–Kier alpha value is -3.22. The average molecular weight is 314 g/mol. The van der Waals surface area contributed by atoms with E-state index in [2.05, 4.69) is 5.32 Å². The van der Waals surface area contributed by atoms with Crippen LogP contribution in [0.3, 0.4) is 0 Å². The third-order valence-electron chi connectivity index (χ3n) is 3.52. The summed E-state index contributed by atoms with van der Waals surface area (Å²) >= 11 is 0. The summed E-state index contributed by atoms with van der Waals surface area (Å²) in [6.07, 6.45) is 1.19. The molecule has 1 aromatic rings. The average Bonchev–Trinajstić information content (AvgIpc) is 2.93. The van der Waals surface area contributed by atoms with Gasteiger partial charge in [0.05, 0.1) is 11.6 Å². The van der Waals surface area contributed by atoms with Crippen LogP contribution in [0.2, 0.25) is 0 Å². The molecule has 1 aromatic carbocycles. The summed E-state index contributed by atoms with van der Waals surface area (Å²) < 4.78 is 18.1. The summed E-state index contributed by atoms with van der Waals surface area (Å²) in [6.45, 7) is 0. The number of halogens is 1. The molecule has 0 atom stereocenters. The number of fused-ring (bicyclic) bond motifs is 1. The fourth-order valence-electron chi connectivity index (χ4n) is 2.45. The van der Waals surface area contributed by atoms with E-state index >= 15 is 0 Å². The van der Waals surface area contributed by atoms with E-state index in [1.165, 1.54) is 31.5 Å². The second-order valence-corrected chi connectivity index (χ2v) is 4.86. The fraction of sp³-hybridized carbons (Fsp3) is 0.0625. The zero-order valence-electron chi connectivity index (χ0n) is 12.0. The number of benzene rings is 1. The van der Waals surface area contributed by atoms with E-state index in [4.69, 9.17) is 4.42 Å². The van der Waals surface area contributed by atoms with Gasteiger partial charge in [0, 0.05) is 12.6 Å². The third kappa shape index (κ3) is 2.52. The molecule has 0 aromatic heterocycles. The van der Waals surface area contributed by atoms with Crippen LogP contribution in [0.15, 0.2) is 47.1 Å².